The molecule has 25 heavy (non-hydrogen) atoms. The second-order valence-corrected chi connectivity index (χ2v) is 9.54. The fourth-order valence-corrected chi connectivity index (χ4v) is 3.63. The van der Waals surface area contributed by atoms with Crippen molar-refractivity contribution < 1.29 is 14.4 Å². The molecule has 0 spiro atoms. The number of likely N-dealkylation sites (tertiary alicyclic amines) is 2. The lowest BCUT2D eigenvalue weighted by Gasteiger charge is -2.27. The maximum Gasteiger partial charge on any atom is 0.317 e. The Kier molecular flexibility index (Phi) is 5.50. The lowest BCUT2D eigenvalue weighted by atomic mass is 9.80. The van der Waals surface area contributed by atoms with Gasteiger partial charge in [-0.25, -0.2) is 4.79 Å². The maximum absolute atomic E-state index is 12.4. The van der Waals surface area contributed by atoms with Gasteiger partial charge in [-0.15, -0.1) is 0 Å². The zero-order valence-corrected chi connectivity index (χ0v) is 16.5. The highest BCUT2D eigenvalue weighted by atomic mass is 16.2. The number of rotatable bonds is 3. The van der Waals surface area contributed by atoms with Gasteiger partial charge in [0.2, 0.25) is 11.8 Å². The molecule has 2 aliphatic rings. The van der Waals surface area contributed by atoms with Crippen LogP contribution in [0.2, 0.25) is 0 Å². The quantitative estimate of drug-likeness (QED) is 0.794. The SMILES string of the molecule is CC(C)(C)C1CC(=O)N(CCNC(=O)N2CC[C@@H](C(C)(C)C)C2)C1=O. The Labute approximate surface area is 151 Å². The minimum atomic E-state index is -0.262. The van der Waals surface area contributed by atoms with E-state index in [9.17, 15) is 14.4 Å². The molecule has 0 aliphatic carbocycles. The molecule has 0 aromatic heterocycles. The molecule has 6 heteroatoms. The summed E-state index contributed by atoms with van der Waals surface area (Å²) >= 11 is 0. The van der Waals surface area contributed by atoms with E-state index in [1.807, 2.05) is 25.7 Å². The highest BCUT2D eigenvalue weighted by Gasteiger charge is 2.44. The van der Waals surface area contributed by atoms with Crippen LogP contribution in [0.4, 0.5) is 4.79 Å². The van der Waals surface area contributed by atoms with Crippen LogP contribution in [-0.4, -0.2) is 53.8 Å². The van der Waals surface area contributed by atoms with Crippen molar-refractivity contribution in [3.8, 4) is 0 Å². The zero-order valence-electron chi connectivity index (χ0n) is 16.5. The summed E-state index contributed by atoms with van der Waals surface area (Å²) in [5.41, 5.74) is -0.0202. The molecule has 0 bridgehead atoms. The van der Waals surface area contributed by atoms with E-state index in [1.54, 1.807) is 0 Å². The molecule has 1 N–H and O–H groups in total. The molecule has 2 rings (SSSR count). The first-order chi connectivity index (χ1) is 11.4. The van der Waals surface area contributed by atoms with Gasteiger partial charge in [-0.05, 0) is 23.2 Å². The highest BCUT2D eigenvalue weighted by molar-refractivity contribution is 6.03. The molecule has 0 saturated carbocycles. The fraction of sp³-hybridized carbons (Fsp3) is 0.842. The van der Waals surface area contributed by atoms with E-state index < -0.39 is 0 Å². The van der Waals surface area contributed by atoms with Crippen molar-refractivity contribution in [1.82, 2.24) is 15.1 Å². The van der Waals surface area contributed by atoms with Gasteiger partial charge in [0.25, 0.3) is 0 Å². The van der Waals surface area contributed by atoms with Gasteiger partial charge in [0.15, 0.2) is 0 Å². The second kappa shape index (κ2) is 6.96. The van der Waals surface area contributed by atoms with Crippen molar-refractivity contribution in [3.05, 3.63) is 0 Å². The van der Waals surface area contributed by atoms with Gasteiger partial charge in [0.05, 0.1) is 5.92 Å². The van der Waals surface area contributed by atoms with Crippen molar-refractivity contribution in [2.45, 2.75) is 54.4 Å². The minimum Gasteiger partial charge on any atom is -0.336 e. The largest absolute Gasteiger partial charge is 0.336 e. The van der Waals surface area contributed by atoms with Crippen LogP contribution in [0.3, 0.4) is 0 Å². The van der Waals surface area contributed by atoms with Gasteiger partial charge >= 0.3 is 6.03 Å². The molecule has 142 valence electrons. The van der Waals surface area contributed by atoms with Crippen molar-refractivity contribution in [1.29, 1.82) is 0 Å². The van der Waals surface area contributed by atoms with Crippen LogP contribution in [0.15, 0.2) is 0 Å². The fourth-order valence-electron chi connectivity index (χ4n) is 3.63. The molecular formula is C19H33N3O3. The number of hydrogen-bond donors (Lipinski definition) is 1. The van der Waals surface area contributed by atoms with E-state index in [0.29, 0.717) is 12.5 Å². The van der Waals surface area contributed by atoms with E-state index in [0.717, 1.165) is 19.5 Å². The van der Waals surface area contributed by atoms with E-state index >= 15 is 0 Å². The van der Waals surface area contributed by atoms with Crippen LogP contribution in [0.5, 0.6) is 0 Å². The predicted molar refractivity (Wildman–Crippen MR) is 96.8 cm³/mol. The van der Waals surface area contributed by atoms with Crippen LogP contribution in [0.1, 0.15) is 54.4 Å². The number of carbonyl (C=O) groups is 3. The Morgan fingerprint density at radius 2 is 1.76 bits per heavy atom. The summed E-state index contributed by atoms with van der Waals surface area (Å²) in [5, 5.41) is 2.86. The lowest BCUT2D eigenvalue weighted by molar-refractivity contribution is -0.140. The van der Waals surface area contributed by atoms with E-state index in [4.69, 9.17) is 0 Å². The maximum atomic E-state index is 12.4. The number of imide groups is 1. The summed E-state index contributed by atoms with van der Waals surface area (Å²) in [6, 6.07) is -0.0989. The standard InChI is InChI=1S/C19H33N3O3/c1-18(2,3)13-7-9-21(12-13)17(25)20-8-10-22-15(23)11-14(16(22)24)19(4,5)6/h13-14H,7-12H2,1-6H3,(H,20,25)/t13-,14?/m1/s1. The van der Waals surface area contributed by atoms with Crippen LogP contribution in [0, 0.1) is 22.7 Å². The van der Waals surface area contributed by atoms with Gasteiger partial charge in [0, 0.05) is 32.6 Å². The summed E-state index contributed by atoms with van der Waals surface area (Å²) in [7, 11) is 0. The Morgan fingerprint density at radius 1 is 1.12 bits per heavy atom. The average molecular weight is 351 g/mol. The van der Waals surface area contributed by atoms with E-state index in [2.05, 4.69) is 26.1 Å². The summed E-state index contributed by atoms with van der Waals surface area (Å²) in [6.07, 6.45) is 1.29. The zero-order chi connectivity index (χ0) is 19.0. The molecular weight excluding hydrogens is 318 g/mol. The second-order valence-electron chi connectivity index (χ2n) is 9.54. The van der Waals surface area contributed by atoms with Crippen molar-refractivity contribution >= 4 is 17.8 Å². The topological polar surface area (TPSA) is 69.7 Å². The molecule has 2 heterocycles. The third kappa shape index (κ3) is 4.53. The van der Waals surface area contributed by atoms with Crippen LogP contribution in [-0.2, 0) is 9.59 Å². The molecule has 4 amide bonds. The van der Waals surface area contributed by atoms with Crippen LogP contribution >= 0.6 is 0 Å². The number of hydrogen-bond acceptors (Lipinski definition) is 3. The van der Waals surface area contributed by atoms with Crippen molar-refractivity contribution in [2.75, 3.05) is 26.2 Å². The number of carbonyl (C=O) groups excluding carboxylic acids is 3. The molecule has 0 aromatic carbocycles. The van der Waals surface area contributed by atoms with Gasteiger partial charge in [0.1, 0.15) is 0 Å². The Hall–Kier alpha value is -1.59. The van der Waals surface area contributed by atoms with Gasteiger partial charge < -0.3 is 10.2 Å². The van der Waals surface area contributed by atoms with Crippen LogP contribution < -0.4 is 5.32 Å². The third-order valence-corrected chi connectivity index (χ3v) is 5.60. The van der Waals surface area contributed by atoms with Crippen LogP contribution in [0.25, 0.3) is 0 Å². The molecule has 2 aliphatic heterocycles. The lowest BCUT2D eigenvalue weighted by Crippen LogP contribution is -2.44. The van der Waals surface area contributed by atoms with Crippen molar-refractivity contribution in [3.63, 3.8) is 0 Å². The normalized spacial score (nSPS) is 25.0. The Balaban J connectivity index is 1.80. The summed E-state index contributed by atoms with van der Waals surface area (Å²) < 4.78 is 0. The number of nitrogens with zero attached hydrogens (tertiary/aromatic N) is 2. The third-order valence-electron chi connectivity index (χ3n) is 5.60. The molecule has 6 nitrogen and oxygen atoms in total. The van der Waals surface area contributed by atoms with E-state index in [1.165, 1.54) is 4.90 Å². The summed E-state index contributed by atoms with van der Waals surface area (Å²) in [6.45, 7) is 14.6. The molecule has 2 atom stereocenters. The smallest absolute Gasteiger partial charge is 0.317 e. The molecule has 1 unspecified atom stereocenters. The van der Waals surface area contributed by atoms with Crippen molar-refractivity contribution in [2.24, 2.45) is 22.7 Å². The molecule has 0 aromatic rings. The molecule has 0 radical (unpaired) electrons. The van der Waals surface area contributed by atoms with Gasteiger partial charge in [-0.1, -0.05) is 41.5 Å². The van der Waals surface area contributed by atoms with Gasteiger partial charge in [-0.3, -0.25) is 14.5 Å². The van der Waals surface area contributed by atoms with Gasteiger partial charge in [-0.2, -0.15) is 0 Å². The first kappa shape index (κ1) is 19.7. The van der Waals surface area contributed by atoms with E-state index in [-0.39, 0.29) is 47.6 Å². The average Bonchev–Trinajstić information content (AvgIpc) is 3.05. The molecule has 2 fully saturated rings. The first-order valence-corrected chi connectivity index (χ1v) is 9.28. The molecule has 2 saturated heterocycles. The summed E-state index contributed by atoms with van der Waals surface area (Å²) in [5.74, 6) is 0.00298. The number of amides is 4. The summed E-state index contributed by atoms with van der Waals surface area (Å²) in [4.78, 5) is 40.0. The highest BCUT2D eigenvalue weighted by Crippen LogP contribution is 2.35. The Morgan fingerprint density at radius 3 is 2.24 bits per heavy atom. The number of nitrogens with one attached hydrogen (secondary N) is 1. The number of urea groups is 1. The minimum absolute atomic E-state index is 0.0989. The first-order valence-electron chi connectivity index (χ1n) is 9.28. The predicted octanol–water partition coefficient (Wildman–Crippen LogP) is 2.49. The monoisotopic (exact) mass is 351 g/mol. The Bertz CT molecular complexity index is 545.